The third kappa shape index (κ3) is 5.13. The average molecular weight is 582 g/mol. The lowest BCUT2D eigenvalue weighted by Crippen LogP contribution is -2.49. The second kappa shape index (κ2) is 11.5. The van der Waals surface area contributed by atoms with E-state index in [1.807, 2.05) is 11.8 Å². The minimum atomic E-state index is 0.0802. The van der Waals surface area contributed by atoms with E-state index in [0.29, 0.717) is 29.8 Å². The van der Waals surface area contributed by atoms with Crippen molar-refractivity contribution < 1.29 is 14.1 Å². The van der Waals surface area contributed by atoms with E-state index in [9.17, 15) is 4.79 Å². The van der Waals surface area contributed by atoms with Gasteiger partial charge in [-0.15, -0.1) is 0 Å². The van der Waals surface area contributed by atoms with E-state index in [4.69, 9.17) is 14.2 Å². The number of imidazole rings is 1. The number of nitrogens with zero attached hydrogens (tertiary/aromatic N) is 5. The Morgan fingerprint density at radius 2 is 1.67 bits per heavy atom. The third-order valence-corrected chi connectivity index (χ3v) is 10.8. The highest BCUT2D eigenvalue weighted by Crippen LogP contribution is 2.45. The molecule has 226 valence electrons. The van der Waals surface area contributed by atoms with Crippen LogP contribution in [0.25, 0.3) is 11.0 Å². The number of benzene rings is 2. The van der Waals surface area contributed by atoms with E-state index in [1.54, 1.807) is 7.11 Å². The molecule has 8 nitrogen and oxygen atoms in total. The summed E-state index contributed by atoms with van der Waals surface area (Å²) in [5.74, 6) is 2.29. The number of hydrogen-bond donors (Lipinski definition) is 0. The number of amides is 1. The molecule has 0 saturated carbocycles. The maximum absolute atomic E-state index is 13.3. The van der Waals surface area contributed by atoms with Gasteiger partial charge >= 0.3 is 0 Å². The maximum Gasteiger partial charge on any atom is 0.257 e. The number of para-hydroxylation sites is 2. The van der Waals surface area contributed by atoms with Crippen LogP contribution in [0.15, 0.2) is 59.1 Å². The molecule has 8 heteroatoms. The van der Waals surface area contributed by atoms with Crippen molar-refractivity contribution in [3.05, 3.63) is 77.3 Å². The zero-order valence-electron chi connectivity index (χ0n) is 25.7. The van der Waals surface area contributed by atoms with Gasteiger partial charge in [-0.25, -0.2) is 4.98 Å². The molecule has 2 aromatic heterocycles. The average Bonchev–Trinajstić information content (AvgIpc) is 3.64. The highest BCUT2D eigenvalue weighted by molar-refractivity contribution is 5.79. The van der Waals surface area contributed by atoms with Crippen LogP contribution in [-0.4, -0.2) is 69.2 Å². The van der Waals surface area contributed by atoms with Crippen LogP contribution >= 0.6 is 0 Å². The zero-order chi connectivity index (χ0) is 29.6. The number of rotatable bonds is 8. The number of fused-ring (bicyclic) bond motifs is 3. The molecule has 3 aliphatic rings. The number of carbonyl (C=O) groups is 1. The number of piperidine rings is 2. The maximum atomic E-state index is 13.3. The fraction of sp³-hybridized carbons (Fsp3) is 0.514. The third-order valence-electron chi connectivity index (χ3n) is 10.8. The molecule has 0 unspecified atom stereocenters. The number of carbonyl (C=O) groups excluding carboxylic acids is 1. The normalized spacial score (nSPS) is 23.6. The zero-order valence-corrected chi connectivity index (χ0v) is 25.7. The van der Waals surface area contributed by atoms with Gasteiger partial charge in [-0.2, -0.15) is 0 Å². The van der Waals surface area contributed by atoms with E-state index < -0.39 is 0 Å². The monoisotopic (exact) mass is 581 g/mol. The summed E-state index contributed by atoms with van der Waals surface area (Å²) in [6.45, 7) is 6.70. The minimum Gasteiger partial charge on any atom is -0.479 e. The highest BCUT2D eigenvalue weighted by Gasteiger charge is 2.44. The molecule has 2 bridgehead atoms. The number of aryl methyl sites for hydroxylation is 1. The van der Waals surface area contributed by atoms with Crippen molar-refractivity contribution in [1.29, 1.82) is 0 Å². The number of hydrogen-bond acceptors (Lipinski definition) is 6. The lowest BCUT2D eigenvalue weighted by Gasteiger charge is -2.45. The Balaban J connectivity index is 1.03. The molecule has 0 N–H and O–H groups in total. The van der Waals surface area contributed by atoms with Gasteiger partial charge in [0.1, 0.15) is 5.82 Å². The molecule has 3 saturated heterocycles. The molecule has 0 spiro atoms. The molecule has 2 aromatic carbocycles. The fourth-order valence-electron chi connectivity index (χ4n) is 8.41. The van der Waals surface area contributed by atoms with E-state index in [2.05, 4.69) is 76.1 Å². The van der Waals surface area contributed by atoms with Gasteiger partial charge < -0.3 is 18.7 Å². The summed E-state index contributed by atoms with van der Waals surface area (Å²) in [6, 6.07) is 21.4. The summed E-state index contributed by atoms with van der Waals surface area (Å²) in [5, 5.41) is 3.94. The number of likely N-dealkylation sites (tertiary alicyclic amines) is 1. The van der Waals surface area contributed by atoms with Crippen molar-refractivity contribution in [3.8, 4) is 5.88 Å². The molecule has 7 rings (SSSR count). The van der Waals surface area contributed by atoms with Gasteiger partial charge in [-0.05, 0) is 93.6 Å². The molecule has 4 aromatic rings. The van der Waals surface area contributed by atoms with E-state index in [0.717, 1.165) is 55.8 Å². The summed E-state index contributed by atoms with van der Waals surface area (Å²) < 4.78 is 13.2. The Morgan fingerprint density at radius 3 is 2.37 bits per heavy atom. The first-order chi connectivity index (χ1) is 21.0. The van der Waals surface area contributed by atoms with Gasteiger partial charge in [-0.1, -0.05) is 42.5 Å². The first-order valence-electron chi connectivity index (χ1n) is 16.0. The molecule has 3 atom stereocenters. The highest BCUT2D eigenvalue weighted by atomic mass is 16.5. The van der Waals surface area contributed by atoms with E-state index >= 15 is 0 Å². The van der Waals surface area contributed by atoms with Crippen LogP contribution in [0.3, 0.4) is 0 Å². The second-order valence-electron chi connectivity index (χ2n) is 13.0. The summed E-state index contributed by atoms with van der Waals surface area (Å²) in [4.78, 5) is 23.0. The number of aromatic nitrogens is 3. The molecular formula is C35H43N5O3. The first kappa shape index (κ1) is 28.1. The number of methoxy groups -OCH3 is 1. The Kier molecular flexibility index (Phi) is 7.49. The SMILES string of the molecule is COc1noc(CC(=O)N2CCC(CCN3[C@@H]4CC[C@H]3C[C@@H](n3c(C)nc5ccccc53)C4)(c3ccccc3)CC2)c1C. The van der Waals surface area contributed by atoms with Crippen molar-refractivity contribution >= 4 is 16.9 Å². The van der Waals surface area contributed by atoms with Crippen LogP contribution in [0.4, 0.5) is 0 Å². The van der Waals surface area contributed by atoms with Crippen molar-refractivity contribution in [2.24, 2.45) is 0 Å². The molecular weight excluding hydrogens is 538 g/mol. The largest absolute Gasteiger partial charge is 0.479 e. The van der Waals surface area contributed by atoms with Gasteiger partial charge in [0, 0.05) is 31.2 Å². The Morgan fingerprint density at radius 1 is 0.977 bits per heavy atom. The van der Waals surface area contributed by atoms with E-state index in [-0.39, 0.29) is 17.7 Å². The summed E-state index contributed by atoms with van der Waals surface area (Å²) >= 11 is 0. The van der Waals surface area contributed by atoms with Gasteiger partial charge in [0.15, 0.2) is 5.76 Å². The molecule has 1 amide bonds. The Bertz CT molecular complexity index is 1570. The number of ether oxygens (including phenoxy) is 1. The van der Waals surface area contributed by atoms with Crippen molar-refractivity contribution in [1.82, 2.24) is 24.5 Å². The molecule has 5 heterocycles. The van der Waals surface area contributed by atoms with Crippen molar-refractivity contribution in [2.75, 3.05) is 26.7 Å². The van der Waals surface area contributed by atoms with Gasteiger partial charge in [0.05, 0.1) is 30.1 Å². The van der Waals surface area contributed by atoms with Crippen molar-refractivity contribution in [3.63, 3.8) is 0 Å². The predicted octanol–water partition coefficient (Wildman–Crippen LogP) is 6.01. The quantitative estimate of drug-likeness (QED) is 0.254. The molecule has 43 heavy (non-hydrogen) atoms. The second-order valence-corrected chi connectivity index (χ2v) is 13.0. The summed E-state index contributed by atoms with van der Waals surface area (Å²) in [7, 11) is 1.57. The lowest BCUT2D eigenvalue weighted by atomic mass is 9.70. The standard InChI is InChI=1S/C35H43N5O3/c1-24-32(43-37-34(24)42-3)23-33(41)38-18-15-35(16-19-38,26-9-5-4-6-10-26)17-20-39-27-13-14-28(39)22-29(21-27)40-25(2)36-30-11-7-8-12-31(30)40/h4-12,27-29H,13-23H2,1-3H3/t27-,28+,29+. The molecule has 3 aliphatic heterocycles. The molecule has 0 radical (unpaired) electrons. The van der Waals surface area contributed by atoms with Crippen LogP contribution in [0, 0.1) is 13.8 Å². The summed E-state index contributed by atoms with van der Waals surface area (Å²) in [5.41, 5.74) is 4.69. The van der Waals surface area contributed by atoms with Crippen molar-refractivity contribution in [2.45, 2.75) is 88.8 Å². The predicted molar refractivity (Wildman–Crippen MR) is 166 cm³/mol. The van der Waals surface area contributed by atoms with Crippen LogP contribution < -0.4 is 4.74 Å². The van der Waals surface area contributed by atoms with E-state index in [1.165, 1.54) is 36.8 Å². The van der Waals surface area contributed by atoms with Crippen LogP contribution in [0.5, 0.6) is 5.88 Å². The minimum absolute atomic E-state index is 0.0802. The lowest BCUT2D eigenvalue weighted by molar-refractivity contribution is -0.132. The Labute approximate surface area is 254 Å². The fourth-order valence-corrected chi connectivity index (χ4v) is 8.41. The smallest absolute Gasteiger partial charge is 0.257 e. The molecule has 3 fully saturated rings. The topological polar surface area (TPSA) is 76.6 Å². The van der Waals surface area contributed by atoms with Gasteiger partial charge in [0.2, 0.25) is 5.91 Å². The first-order valence-corrected chi connectivity index (χ1v) is 16.0. The Hall–Kier alpha value is -3.65. The van der Waals surface area contributed by atoms with Crippen LogP contribution in [-0.2, 0) is 16.6 Å². The van der Waals surface area contributed by atoms with Crippen LogP contribution in [0.1, 0.15) is 73.7 Å². The molecule has 0 aliphatic carbocycles. The van der Waals surface area contributed by atoms with Gasteiger partial charge in [0.25, 0.3) is 5.88 Å². The van der Waals surface area contributed by atoms with Crippen LogP contribution in [0.2, 0.25) is 0 Å². The van der Waals surface area contributed by atoms with Gasteiger partial charge in [-0.3, -0.25) is 9.69 Å². The summed E-state index contributed by atoms with van der Waals surface area (Å²) in [6.07, 6.45) is 8.29.